The summed E-state index contributed by atoms with van der Waals surface area (Å²) in [5, 5.41) is 23.5. The molecular formula is C21H19Cl2NO2S. The maximum absolute atomic E-state index is 9.98. The first kappa shape index (κ1) is 19.9. The molecule has 3 aromatic rings. The van der Waals surface area contributed by atoms with Crippen molar-refractivity contribution in [2.45, 2.75) is 22.8 Å². The molecule has 0 saturated carbocycles. The van der Waals surface area contributed by atoms with Gasteiger partial charge in [-0.25, -0.2) is 0 Å². The molecule has 0 spiro atoms. The van der Waals surface area contributed by atoms with Crippen LogP contribution in [0.1, 0.15) is 11.1 Å². The number of rotatable bonds is 7. The number of phenols is 1. The highest BCUT2D eigenvalue weighted by molar-refractivity contribution is 7.99. The average molecular weight is 420 g/mol. The quantitative estimate of drug-likeness (QED) is 0.411. The van der Waals surface area contributed by atoms with Crippen molar-refractivity contribution in [3.8, 4) is 5.75 Å². The number of aromatic hydroxyl groups is 1. The molecule has 3 rings (SSSR count). The van der Waals surface area contributed by atoms with E-state index in [1.54, 1.807) is 17.8 Å². The Bertz CT molecular complexity index is 934. The van der Waals surface area contributed by atoms with Gasteiger partial charge in [0.05, 0.1) is 5.02 Å². The van der Waals surface area contributed by atoms with Crippen LogP contribution in [0.25, 0.3) is 0 Å². The van der Waals surface area contributed by atoms with Crippen molar-refractivity contribution in [1.82, 2.24) is 0 Å². The Balaban J connectivity index is 1.77. The van der Waals surface area contributed by atoms with Crippen molar-refractivity contribution in [2.24, 2.45) is 0 Å². The molecule has 0 bridgehead atoms. The summed E-state index contributed by atoms with van der Waals surface area (Å²) in [5.74, 6) is 0.0215. The number of halogens is 2. The Morgan fingerprint density at radius 2 is 1.74 bits per heavy atom. The molecule has 0 unspecified atom stereocenters. The summed E-state index contributed by atoms with van der Waals surface area (Å²) in [4.78, 5) is 2.21. The lowest BCUT2D eigenvalue weighted by Gasteiger charge is -2.13. The minimum Gasteiger partial charge on any atom is -0.506 e. The Hall–Kier alpha value is -1.85. The Morgan fingerprint density at radius 1 is 0.926 bits per heavy atom. The van der Waals surface area contributed by atoms with Gasteiger partial charge in [-0.3, -0.25) is 0 Å². The molecule has 3 N–H and O–H groups in total. The number of anilines is 1. The predicted molar refractivity (Wildman–Crippen MR) is 113 cm³/mol. The van der Waals surface area contributed by atoms with E-state index < -0.39 is 0 Å². The van der Waals surface area contributed by atoms with E-state index >= 15 is 0 Å². The van der Waals surface area contributed by atoms with E-state index in [4.69, 9.17) is 28.3 Å². The molecule has 27 heavy (non-hydrogen) atoms. The number of nitrogens with one attached hydrogen (secondary N) is 1. The molecule has 140 valence electrons. The van der Waals surface area contributed by atoms with Crippen molar-refractivity contribution in [3.05, 3.63) is 81.8 Å². The molecule has 0 heterocycles. The lowest BCUT2D eigenvalue weighted by Crippen LogP contribution is -2.02. The Morgan fingerprint density at radius 3 is 2.52 bits per heavy atom. The molecule has 0 aliphatic rings. The van der Waals surface area contributed by atoms with Crippen molar-refractivity contribution < 1.29 is 10.2 Å². The summed E-state index contributed by atoms with van der Waals surface area (Å²) in [6.45, 7) is 0.551. The Kier molecular flexibility index (Phi) is 6.91. The number of aliphatic hydroxyl groups excluding tert-OH is 1. The fourth-order valence-electron chi connectivity index (χ4n) is 2.67. The zero-order chi connectivity index (χ0) is 19.2. The molecule has 0 aliphatic carbocycles. The van der Waals surface area contributed by atoms with Crippen LogP contribution in [0.4, 0.5) is 5.69 Å². The summed E-state index contributed by atoms with van der Waals surface area (Å²) in [7, 11) is 0. The molecule has 3 aromatic carbocycles. The molecule has 0 aromatic heterocycles. The van der Waals surface area contributed by atoms with Crippen LogP contribution >= 0.6 is 35.0 Å². The second-order valence-corrected chi connectivity index (χ2v) is 7.92. The number of hydrogen-bond acceptors (Lipinski definition) is 4. The van der Waals surface area contributed by atoms with Crippen LogP contribution in [0, 0.1) is 0 Å². The maximum Gasteiger partial charge on any atom is 0.137 e. The highest BCUT2D eigenvalue weighted by Gasteiger charge is 2.09. The molecule has 3 nitrogen and oxygen atoms in total. The highest BCUT2D eigenvalue weighted by Crippen LogP contribution is 2.34. The van der Waals surface area contributed by atoms with Crippen LogP contribution < -0.4 is 5.32 Å². The van der Waals surface area contributed by atoms with Gasteiger partial charge in [0.1, 0.15) is 5.75 Å². The third-order valence-electron chi connectivity index (χ3n) is 4.00. The molecule has 0 radical (unpaired) electrons. The van der Waals surface area contributed by atoms with E-state index in [1.807, 2.05) is 42.5 Å². The Labute approximate surface area is 173 Å². The van der Waals surface area contributed by atoms with Gasteiger partial charge in [-0.1, -0.05) is 59.2 Å². The monoisotopic (exact) mass is 419 g/mol. The molecule has 0 saturated heterocycles. The first-order valence-electron chi connectivity index (χ1n) is 8.44. The lowest BCUT2D eigenvalue weighted by atomic mass is 10.1. The van der Waals surface area contributed by atoms with Crippen LogP contribution in [0.15, 0.2) is 70.5 Å². The van der Waals surface area contributed by atoms with E-state index in [2.05, 4.69) is 17.4 Å². The first-order valence-corrected chi connectivity index (χ1v) is 10.0. The number of hydrogen-bond donors (Lipinski definition) is 3. The number of benzene rings is 3. The van der Waals surface area contributed by atoms with Gasteiger partial charge in [0.2, 0.25) is 0 Å². The molecule has 0 amide bonds. The summed E-state index contributed by atoms with van der Waals surface area (Å²) in [5.41, 5.74) is 2.55. The van der Waals surface area contributed by atoms with Gasteiger partial charge < -0.3 is 15.5 Å². The summed E-state index contributed by atoms with van der Waals surface area (Å²) >= 11 is 13.8. The predicted octanol–water partition coefficient (Wildman–Crippen LogP) is 6.00. The molecule has 0 fully saturated rings. The largest absolute Gasteiger partial charge is 0.506 e. The van der Waals surface area contributed by atoms with Crippen LogP contribution in [-0.2, 0) is 13.0 Å². The van der Waals surface area contributed by atoms with Crippen molar-refractivity contribution >= 4 is 40.7 Å². The van der Waals surface area contributed by atoms with E-state index in [-0.39, 0.29) is 17.4 Å². The second kappa shape index (κ2) is 9.38. The standard InChI is InChI=1S/C21H19Cl2NO2S/c22-16-5-3-6-18(11-16)27-20-7-2-1-4-15(20)13-24-17-10-14(8-9-25)21(26)19(23)12-17/h1-7,10-12,24-26H,8-9,13H2. The number of aliphatic hydroxyl groups is 1. The van der Waals surface area contributed by atoms with E-state index in [9.17, 15) is 5.11 Å². The van der Waals surface area contributed by atoms with Crippen LogP contribution in [0.2, 0.25) is 10.0 Å². The van der Waals surface area contributed by atoms with E-state index in [0.29, 0.717) is 23.6 Å². The SMILES string of the molecule is OCCc1cc(NCc2ccccc2Sc2cccc(Cl)c2)cc(Cl)c1O. The molecular weight excluding hydrogens is 401 g/mol. The average Bonchev–Trinajstić information content (AvgIpc) is 2.65. The smallest absolute Gasteiger partial charge is 0.137 e. The van der Waals surface area contributed by atoms with Gasteiger partial charge in [-0.05, 0) is 53.9 Å². The number of phenolic OH excluding ortho intramolecular Hbond substituents is 1. The minimum atomic E-state index is -0.0492. The van der Waals surface area contributed by atoms with Crippen molar-refractivity contribution in [3.63, 3.8) is 0 Å². The van der Waals surface area contributed by atoms with Crippen LogP contribution in [0.3, 0.4) is 0 Å². The van der Waals surface area contributed by atoms with E-state index in [0.717, 1.165) is 21.0 Å². The topological polar surface area (TPSA) is 52.5 Å². The third kappa shape index (κ3) is 5.33. The minimum absolute atomic E-state index is 0.0215. The summed E-state index contributed by atoms with van der Waals surface area (Å²) < 4.78 is 0. The maximum atomic E-state index is 9.98. The molecule has 6 heteroatoms. The normalized spacial score (nSPS) is 10.8. The summed E-state index contributed by atoms with van der Waals surface area (Å²) in [6, 6.07) is 19.4. The van der Waals surface area contributed by atoms with Gasteiger partial charge >= 0.3 is 0 Å². The molecule has 0 atom stereocenters. The highest BCUT2D eigenvalue weighted by atomic mass is 35.5. The van der Waals surface area contributed by atoms with Gasteiger partial charge in [-0.2, -0.15) is 0 Å². The summed E-state index contributed by atoms with van der Waals surface area (Å²) in [6.07, 6.45) is 0.349. The van der Waals surface area contributed by atoms with Crippen LogP contribution in [-0.4, -0.2) is 16.8 Å². The van der Waals surface area contributed by atoms with Crippen LogP contribution in [0.5, 0.6) is 5.75 Å². The second-order valence-electron chi connectivity index (χ2n) is 5.96. The fourth-order valence-corrected chi connectivity index (χ4v) is 4.17. The van der Waals surface area contributed by atoms with Crippen molar-refractivity contribution in [2.75, 3.05) is 11.9 Å². The zero-order valence-electron chi connectivity index (χ0n) is 14.5. The lowest BCUT2D eigenvalue weighted by molar-refractivity contribution is 0.297. The van der Waals surface area contributed by atoms with Gasteiger partial charge in [-0.15, -0.1) is 0 Å². The fraction of sp³-hybridized carbons (Fsp3) is 0.143. The van der Waals surface area contributed by atoms with E-state index in [1.165, 1.54) is 0 Å². The van der Waals surface area contributed by atoms with Gasteiger partial charge in [0.15, 0.2) is 0 Å². The zero-order valence-corrected chi connectivity index (χ0v) is 16.8. The van der Waals surface area contributed by atoms with Crippen molar-refractivity contribution in [1.29, 1.82) is 0 Å². The van der Waals surface area contributed by atoms with Gasteiger partial charge in [0.25, 0.3) is 0 Å². The molecule has 0 aliphatic heterocycles. The van der Waals surface area contributed by atoms with Gasteiger partial charge in [0, 0.05) is 33.7 Å². The first-order chi connectivity index (χ1) is 13.1. The third-order valence-corrected chi connectivity index (χ3v) is 5.63.